The Morgan fingerprint density at radius 1 is 1.32 bits per heavy atom. The van der Waals surface area contributed by atoms with E-state index in [-0.39, 0.29) is 72.7 Å². The second-order valence-corrected chi connectivity index (χ2v) is 13.5. The van der Waals surface area contributed by atoms with Gasteiger partial charge in [0.15, 0.2) is 5.69 Å². The van der Waals surface area contributed by atoms with Crippen LogP contribution in [0.3, 0.4) is 0 Å². The average Bonchev–Trinajstić information content (AvgIpc) is 3.19. The molecule has 0 spiro atoms. The van der Waals surface area contributed by atoms with Crippen molar-refractivity contribution < 1.29 is 45.7 Å². The lowest BCUT2D eigenvalue weighted by Gasteiger charge is -2.39. The maximum absolute atomic E-state index is 13.4. The van der Waals surface area contributed by atoms with E-state index < -0.39 is 51.2 Å². The van der Waals surface area contributed by atoms with E-state index in [1.807, 2.05) is 0 Å². The number of amides is 1. The quantitative estimate of drug-likeness (QED) is 0.330. The Balaban J connectivity index is 1.90. The van der Waals surface area contributed by atoms with Gasteiger partial charge in [0.2, 0.25) is 6.43 Å². The number of halogens is 4. The third kappa shape index (κ3) is 7.36. The summed E-state index contributed by atoms with van der Waals surface area (Å²) in [5.74, 6) is -1.04. The molecule has 1 aliphatic carbocycles. The summed E-state index contributed by atoms with van der Waals surface area (Å²) in [7, 11) is -3.41. The minimum atomic E-state index is -3.41. The van der Waals surface area contributed by atoms with Crippen molar-refractivity contribution >= 4 is 15.7 Å². The first-order valence-electron chi connectivity index (χ1n) is 13.1. The van der Waals surface area contributed by atoms with Crippen LogP contribution >= 0.6 is 0 Å². The summed E-state index contributed by atoms with van der Waals surface area (Å²) in [6.07, 6.45) is -2.13. The van der Waals surface area contributed by atoms with Gasteiger partial charge in [0.25, 0.3) is 5.91 Å². The van der Waals surface area contributed by atoms with Crippen LogP contribution in [-0.2, 0) is 22.8 Å². The normalized spacial score (nSPS) is 21.9. The Labute approximate surface area is 236 Å². The zero-order chi connectivity index (χ0) is 30.9. The van der Waals surface area contributed by atoms with Gasteiger partial charge in [-0.1, -0.05) is 13.8 Å². The molecule has 0 saturated heterocycles. The van der Waals surface area contributed by atoms with Crippen LogP contribution in [0.1, 0.15) is 61.8 Å². The van der Waals surface area contributed by atoms with Crippen LogP contribution in [0.25, 0.3) is 11.3 Å². The van der Waals surface area contributed by atoms with Gasteiger partial charge in [0, 0.05) is 54.7 Å². The van der Waals surface area contributed by atoms with Crippen LogP contribution in [0.2, 0.25) is 0 Å². The number of aliphatic hydroxyl groups is 2. The summed E-state index contributed by atoms with van der Waals surface area (Å²) in [6, 6.07) is 1.17. The van der Waals surface area contributed by atoms with Crippen molar-refractivity contribution in [2.75, 3.05) is 12.8 Å². The Kier molecular flexibility index (Phi) is 9.75. The molecule has 1 saturated carbocycles. The van der Waals surface area contributed by atoms with Crippen LogP contribution < -0.4 is 10.1 Å². The number of aromatic nitrogens is 3. The van der Waals surface area contributed by atoms with Crippen LogP contribution in [0, 0.1) is 12.3 Å². The Bertz CT molecular complexity index is 1370. The zero-order valence-electron chi connectivity index (χ0n) is 23.5. The number of ether oxygens (including phenoxy) is 1. The predicted octanol–water partition coefficient (Wildman–Crippen LogP) is 3.13. The highest BCUT2D eigenvalue weighted by molar-refractivity contribution is 7.91. The average molecular weight is 609 g/mol. The fraction of sp³-hybridized carbons (Fsp3) is 0.654. The number of nitrogens with zero attached hydrogens (tertiary/aromatic N) is 3. The van der Waals surface area contributed by atoms with Gasteiger partial charge in [-0.05, 0) is 33.1 Å². The summed E-state index contributed by atoms with van der Waals surface area (Å²) >= 11 is 0. The van der Waals surface area contributed by atoms with Crippen molar-refractivity contribution in [3.63, 3.8) is 0 Å². The molecule has 0 bridgehead atoms. The summed E-state index contributed by atoms with van der Waals surface area (Å²) in [4.78, 5) is 17.3. The van der Waals surface area contributed by atoms with Gasteiger partial charge in [0.05, 0.1) is 22.6 Å². The Morgan fingerprint density at radius 2 is 1.98 bits per heavy atom. The highest BCUT2D eigenvalue weighted by Gasteiger charge is 2.44. The molecule has 2 aromatic rings. The van der Waals surface area contributed by atoms with Gasteiger partial charge < -0.3 is 20.3 Å². The smallest absolute Gasteiger partial charge is 0.387 e. The molecule has 1 fully saturated rings. The van der Waals surface area contributed by atoms with E-state index in [0.717, 1.165) is 6.26 Å². The van der Waals surface area contributed by atoms with Gasteiger partial charge in [0.1, 0.15) is 21.2 Å². The largest absolute Gasteiger partial charge is 0.434 e. The Morgan fingerprint density at radius 3 is 2.51 bits per heavy atom. The summed E-state index contributed by atoms with van der Waals surface area (Å²) < 4.78 is 83.2. The highest BCUT2D eigenvalue weighted by Crippen LogP contribution is 2.37. The first-order chi connectivity index (χ1) is 18.9. The number of aryl methyl sites for hydroxylation is 1. The van der Waals surface area contributed by atoms with Crippen molar-refractivity contribution in [1.29, 1.82) is 0 Å². The van der Waals surface area contributed by atoms with E-state index in [2.05, 4.69) is 15.4 Å². The van der Waals surface area contributed by atoms with Gasteiger partial charge in [-0.15, -0.1) is 0 Å². The molecule has 0 aromatic carbocycles. The lowest BCUT2D eigenvalue weighted by atomic mass is 9.82. The van der Waals surface area contributed by atoms with Gasteiger partial charge in [-0.3, -0.25) is 14.5 Å². The number of hydrogen-bond donors (Lipinski definition) is 3. The van der Waals surface area contributed by atoms with E-state index >= 15 is 0 Å². The zero-order valence-corrected chi connectivity index (χ0v) is 24.3. The van der Waals surface area contributed by atoms with E-state index in [1.165, 1.54) is 37.7 Å². The summed E-state index contributed by atoms with van der Waals surface area (Å²) in [6.45, 7) is 2.50. The number of aliphatic hydroxyl groups excluding tert-OH is 1. The standard InChI is InChI=1S/C26H36F4N4O6S/c1-6-34-21(17-12-31-15(9-18(17)40-24(29)30)11-25(3,4)23(27)28)14(2)20(33-34)22(36)32-13-26(37)8-7-16(10-19(26)35)41(5,38)39/h9,12,16,19,23-24,35,37H,6-8,10-11,13H2,1-5H3,(H,32,36)/t16?,19-,26?/m0/s1. The monoisotopic (exact) mass is 608 g/mol. The molecule has 15 heteroatoms. The molecule has 1 amide bonds. The topological polar surface area (TPSA) is 144 Å². The van der Waals surface area contributed by atoms with Crippen LogP contribution in [0.5, 0.6) is 5.75 Å². The third-order valence-corrected chi connectivity index (χ3v) is 9.13. The number of nitrogens with one attached hydrogen (secondary N) is 1. The number of sulfone groups is 1. The van der Waals surface area contributed by atoms with Gasteiger partial charge in [-0.25, -0.2) is 17.2 Å². The Hall–Kier alpha value is -2.78. The van der Waals surface area contributed by atoms with E-state index in [1.54, 1.807) is 6.92 Å². The van der Waals surface area contributed by atoms with Gasteiger partial charge in [-0.2, -0.15) is 13.9 Å². The molecule has 1 aliphatic rings. The predicted molar refractivity (Wildman–Crippen MR) is 142 cm³/mol. The minimum absolute atomic E-state index is 0.0610. The summed E-state index contributed by atoms with van der Waals surface area (Å²) in [5, 5.41) is 27.4. The number of carbonyl (C=O) groups excluding carboxylic acids is 1. The number of hydrogen-bond acceptors (Lipinski definition) is 8. The molecule has 0 radical (unpaired) electrons. The molecule has 10 nitrogen and oxygen atoms in total. The molecule has 0 aliphatic heterocycles. The van der Waals surface area contributed by atoms with Crippen molar-refractivity contribution in [3.05, 3.63) is 29.2 Å². The van der Waals surface area contributed by atoms with Crippen molar-refractivity contribution in [2.24, 2.45) is 5.41 Å². The third-order valence-electron chi connectivity index (χ3n) is 7.49. The molecule has 3 rings (SSSR count). The molecule has 41 heavy (non-hydrogen) atoms. The van der Waals surface area contributed by atoms with E-state index in [9.17, 15) is 41.0 Å². The van der Waals surface area contributed by atoms with Crippen molar-refractivity contribution in [2.45, 2.75) is 89.9 Å². The van der Waals surface area contributed by atoms with Crippen molar-refractivity contribution in [1.82, 2.24) is 20.1 Å². The first kappa shape index (κ1) is 32.7. The number of rotatable bonds is 11. The molecule has 230 valence electrons. The number of carbonyl (C=O) groups is 1. The maximum Gasteiger partial charge on any atom is 0.387 e. The summed E-state index contributed by atoms with van der Waals surface area (Å²) in [5.41, 5.74) is -2.61. The number of pyridine rings is 1. The van der Waals surface area contributed by atoms with Crippen molar-refractivity contribution in [3.8, 4) is 17.0 Å². The maximum atomic E-state index is 13.4. The molecule has 3 N–H and O–H groups in total. The van der Waals surface area contributed by atoms with Crippen LogP contribution in [0.15, 0.2) is 12.3 Å². The second kappa shape index (κ2) is 12.2. The first-order valence-corrected chi connectivity index (χ1v) is 15.0. The number of alkyl halides is 4. The van der Waals surface area contributed by atoms with Crippen LogP contribution in [0.4, 0.5) is 17.6 Å². The molecular formula is C26H36F4N4O6S. The van der Waals surface area contributed by atoms with E-state index in [4.69, 9.17) is 4.74 Å². The lowest BCUT2D eigenvalue weighted by molar-refractivity contribution is -0.0950. The molecule has 2 unspecified atom stereocenters. The minimum Gasteiger partial charge on any atom is -0.434 e. The SMILES string of the molecule is CCn1nc(C(=O)NCC2(O)CCC(S(C)(=O)=O)C[C@@H]2O)c(C)c1-c1cnc(CC(C)(C)C(F)F)cc1OC(F)F. The molecule has 2 aromatic heterocycles. The fourth-order valence-electron chi connectivity index (χ4n) is 4.90. The lowest BCUT2D eigenvalue weighted by Crippen LogP contribution is -2.56. The fourth-order valence-corrected chi connectivity index (χ4v) is 5.98. The molecular weight excluding hydrogens is 572 g/mol. The second-order valence-electron chi connectivity index (χ2n) is 11.2. The molecule has 3 atom stereocenters. The van der Waals surface area contributed by atoms with E-state index in [0.29, 0.717) is 0 Å². The molecule has 2 heterocycles. The highest BCUT2D eigenvalue weighted by atomic mass is 32.2. The van der Waals surface area contributed by atoms with Crippen LogP contribution in [-0.4, -0.2) is 82.1 Å². The van der Waals surface area contributed by atoms with Gasteiger partial charge >= 0.3 is 6.61 Å².